The first kappa shape index (κ1) is 23.3. The summed E-state index contributed by atoms with van der Waals surface area (Å²) in [6, 6.07) is 14.6. The van der Waals surface area contributed by atoms with Crippen molar-refractivity contribution in [1.29, 1.82) is 10.5 Å². The second kappa shape index (κ2) is 9.98. The number of nitrogens with two attached hydrogens (primary N) is 1. The number of thiazole rings is 1. The second-order valence-electron chi connectivity index (χ2n) is 6.92. The second-order valence-corrected chi connectivity index (χ2v) is 9.55. The SMILES string of the molecule is CC(Sc1nc(N)c(C#N)c(-c2ccco2)c1C#N)C(=O)Nc1nc(-c2ccc(Cl)cc2)cs1. The lowest BCUT2D eigenvalue weighted by Crippen LogP contribution is -2.22. The number of hydrogen-bond acceptors (Lipinski definition) is 9. The summed E-state index contributed by atoms with van der Waals surface area (Å²) in [4.78, 5) is 21.5. The van der Waals surface area contributed by atoms with E-state index in [1.807, 2.05) is 23.6 Å². The van der Waals surface area contributed by atoms with Crippen molar-refractivity contribution in [3.8, 4) is 34.7 Å². The van der Waals surface area contributed by atoms with Crippen molar-refractivity contribution in [1.82, 2.24) is 9.97 Å². The van der Waals surface area contributed by atoms with Gasteiger partial charge in [-0.3, -0.25) is 4.79 Å². The third-order valence-corrected chi connectivity index (χ3v) is 6.81. The quantitative estimate of drug-likeness (QED) is 0.323. The summed E-state index contributed by atoms with van der Waals surface area (Å²) in [6.07, 6.45) is 1.43. The van der Waals surface area contributed by atoms with Crippen molar-refractivity contribution < 1.29 is 9.21 Å². The smallest absolute Gasteiger partial charge is 0.239 e. The summed E-state index contributed by atoms with van der Waals surface area (Å²) in [5.74, 6) is -0.0515. The van der Waals surface area contributed by atoms with Crippen molar-refractivity contribution in [2.75, 3.05) is 11.1 Å². The van der Waals surface area contributed by atoms with Gasteiger partial charge >= 0.3 is 0 Å². The van der Waals surface area contributed by atoms with Gasteiger partial charge in [0.05, 0.1) is 28.3 Å². The van der Waals surface area contributed by atoms with Gasteiger partial charge in [-0.05, 0) is 31.2 Å². The van der Waals surface area contributed by atoms with Crippen molar-refractivity contribution in [3.05, 3.63) is 64.2 Å². The van der Waals surface area contributed by atoms with Crippen LogP contribution in [0.2, 0.25) is 5.02 Å². The summed E-state index contributed by atoms with van der Waals surface area (Å²) in [5.41, 5.74) is 8.00. The molecule has 0 bridgehead atoms. The largest absolute Gasteiger partial charge is 0.464 e. The first-order valence-electron chi connectivity index (χ1n) is 9.77. The molecule has 1 amide bonds. The number of nitriles is 2. The highest BCUT2D eigenvalue weighted by atomic mass is 35.5. The molecule has 1 atom stereocenters. The summed E-state index contributed by atoms with van der Waals surface area (Å²) in [6.45, 7) is 1.68. The van der Waals surface area contributed by atoms with Gasteiger partial charge in [0.15, 0.2) is 5.13 Å². The number of nitrogens with one attached hydrogen (secondary N) is 1. The summed E-state index contributed by atoms with van der Waals surface area (Å²) < 4.78 is 5.40. The fourth-order valence-electron chi connectivity index (χ4n) is 3.06. The number of hydrogen-bond donors (Lipinski definition) is 2. The normalized spacial score (nSPS) is 11.4. The highest BCUT2D eigenvalue weighted by molar-refractivity contribution is 8.00. The van der Waals surface area contributed by atoms with Crippen LogP contribution >= 0.6 is 34.7 Å². The third-order valence-electron chi connectivity index (χ3n) is 4.72. The predicted molar refractivity (Wildman–Crippen MR) is 132 cm³/mol. The van der Waals surface area contributed by atoms with Gasteiger partial charge in [0.1, 0.15) is 34.3 Å². The number of thioether (sulfide) groups is 1. The van der Waals surface area contributed by atoms with E-state index in [1.54, 1.807) is 31.2 Å². The molecule has 3 heterocycles. The number of rotatable bonds is 6. The maximum atomic E-state index is 12.8. The summed E-state index contributed by atoms with van der Waals surface area (Å²) >= 11 is 8.28. The fourth-order valence-corrected chi connectivity index (χ4v) is 4.83. The van der Waals surface area contributed by atoms with Crippen molar-refractivity contribution in [3.63, 3.8) is 0 Å². The molecule has 0 radical (unpaired) electrons. The molecular formula is C23H15ClN6O2S2. The Kier molecular flexibility index (Phi) is 6.85. The van der Waals surface area contributed by atoms with Crippen LogP contribution in [0.3, 0.4) is 0 Å². The zero-order chi connectivity index (χ0) is 24.2. The molecule has 11 heteroatoms. The van der Waals surface area contributed by atoms with Crippen molar-refractivity contribution in [2.24, 2.45) is 0 Å². The number of carbonyl (C=O) groups is 1. The maximum absolute atomic E-state index is 12.8. The highest BCUT2D eigenvalue weighted by Crippen LogP contribution is 2.37. The van der Waals surface area contributed by atoms with Crippen LogP contribution in [0.25, 0.3) is 22.6 Å². The van der Waals surface area contributed by atoms with E-state index < -0.39 is 5.25 Å². The molecule has 3 aromatic heterocycles. The zero-order valence-electron chi connectivity index (χ0n) is 17.6. The van der Waals surface area contributed by atoms with Crippen LogP contribution < -0.4 is 11.1 Å². The Bertz CT molecular complexity index is 1440. The van der Waals surface area contributed by atoms with Crippen LogP contribution in [-0.4, -0.2) is 21.1 Å². The number of aromatic nitrogens is 2. The molecule has 1 aromatic carbocycles. The Labute approximate surface area is 208 Å². The molecule has 34 heavy (non-hydrogen) atoms. The molecule has 3 N–H and O–H groups in total. The zero-order valence-corrected chi connectivity index (χ0v) is 20.0. The van der Waals surface area contributed by atoms with Gasteiger partial charge in [-0.15, -0.1) is 11.3 Å². The van der Waals surface area contributed by atoms with Crippen LogP contribution in [-0.2, 0) is 4.79 Å². The molecule has 1 unspecified atom stereocenters. The van der Waals surface area contributed by atoms with E-state index in [1.165, 1.54) is 17.6 Å². The molecule has 0 aliphatic rings. The molecule has 0 aliphatic heterocycles. The number of halogens is 1. The molecule has 0 saturated heterocycles. The molecule has 0 aliphatic carbocycles. The van der Waals surface area contributed by atoms with Crippen LogP contribution in [0.1, 0.15) is 18.1 Å². The van der Waals surface area contributed by atoms with Gasteiger partial charge in [0.2, 0.25) is 5.91 Å². The third kappa shape index (κ3) is 4.75. The first-order valence-corrected chi connectivity index (χ1v) is 11.9. The van der Waals surface area contributed by atoms with Crippen molar-refractivity contribution >= 4 is 51.6 Å². The van der Waals surface area contributed by atoms with E-state index in [9.17, 15) is 15.3 Å². The number of pyridine rings is 1. The van der Waals surface area contributed by atoms with Crippen molar-refractivity contribution in [2.45, 2.75) is 17.2 Å². The van der Waals surface area contributed by atoms with Crippen LogP contribution in [0.4, 0.5) is 10.9 Å². The molecule has 4 rings (SSSR count). The van der Waals surface area contributed by atoms with Gasteiger partial charge in [-0.1, -0.05) is 35.5 Å². The Morgan fingerprint density at radius 3 is 2.59 bits per heavy atom. The number of benzene rings is 1. The average Bonchev–Trinajstić information content (AvgIpc) is 3.51. The minimum absolute atomic E-state index is 0.0458. The summed E-state index contributed by atoms with van der Waals surface area (Å²) in [5, 5.41) is 24.6. The van der Waals surface area contributed by atoms with E-state index >= 15 is 0 Å². The highest BCUT2D eigenvalue weighted by Gasteiger charge is 2.25. The van der Waals surface area contributed by atoms with Crippen LogP contribution in [0, 0.1) is 22.7 Å². The molecule has 0 saturated carbocycles. The van der Waals surface area contributed by atoms with Crippen LogP contribution in [0.15, 0.2) is 57.5 Å². The van der Waals surface area contributed by atoms with Gasteiger partial charge in [0, 0.05) is 16.0 Å². The Balaban J connectivity index is 1.56. The number of nitrogen functional groups attached to an aromatic ring is 1. The Morgan fingerprint density at radius 1 is 1.21 bits per heavy atom. The standard InChI is InChI=1S/C23H15ClN6O2S2/c1-12(21(31)30-23-28-17(11-33-23)13-4-6-14(24)7-5-13)34-22-16(10-26)19(18-3-2-8-32-18)15(9-25)20(27)29-22/h2-8,11-12H,1H3,(H2,27,29)(H,28,30,31). The molecule has 168 valence electrons. The van der Waals surface area contributed by atoms with Gasteiger partial charge in [0.25, 0.3) is 0 Å². The Morgan fingerprint density at radius 2 is 1.94 bits per heavy atom. The van der Waals surface area contributed by atoms with E-state index in [4.69, 9.17) is 21.8 Å². The van der Waals surface area contributed by atoms with Gasteiger partial charge in [-0.2, -0.15) is 10.5 Å². The fraction of sp³-hybridized carbons (Fsp3) is 0.0870. The lowest BCUT2D eigenvalue weighted by molar-refractivity contribution is -0.115. The monoisotopic (exact) mass is 506 g/mol. The van der Waals surface area contributed by atoms with Crippen LogP contribution in [0.5, 0.6) is 0 Å². The Hall–Kier alpha value is -3.83. The minimum Gasteiger partial charge on any atom is -0.464 e. The lowest BCUT2D eigenvalue weighted by Gasteiger charge is -2.14. The number of furan rings is 1. The van der Waals surface area contributed by atoms with E-state index in [-0.39, 0.29) is 33.4 Å². The van der Waals surface area contributed by atoms with Gasteiger partial charge < -0.3 is 15.5 Å². The predicted octanol–water partition coefficient (Wildman–Crippen LogP) is 5.56. The average molecular weight is 507 g/mol. The lowest BCUT2D eigenvalue weighted by atomic mass is 10.0. The minimum atomic E-state index is -0.640. The van der Waals surface area contributed by atoms with Gasteiger partial charge in [-0.25, -0.2) is 9.97 Å². The van der Waals surface area contributed by atoms with E-state index in [0.29, 0.717) is 21.6 Å². The number of carbonyl (C=O) groups excluding carboxylic acids is 1. The number of anilines is 2. The first-order chi connectivity index (χ1) is 16.4. The number of nitrogens with zero attached hydrogens (tertiary/aromatic N) is 4. The topological polar surface area (TPSA) is 142 Å². The summed E-state index contributed by atoms with van der Waals surface area (Å²) in [7, 11) is 0. The molecule has 4 aromatic rings. The number of amides is 1. The molecular weight excluding hydrogens is 492 g/mol. The molecule has 0 spiro atoms. The maximum Gasteiger partial charge on any atom is 0.239 e. The molecule has 0 fully saturated rings. The molecule has 8 nitrogen and oxygen atoms in total. The van der Waals surface area contributed by atoms with E-state index in [0.717, 1.165) is 17.3 Å². The van der Waals surface area contributed by atoms with E-state index in [2.05, 4.69) is 21.4 Å².